The average molecular weight is 474 g/mol. The molecule has 2 aromatic heterocycles. The van der Waals surface area contributed by atoms with E-state index in [9.17, 15) is 9.59 Å². The normalized spacial score (nSPS) is 16.2. The van der Waals surface area contributed by atoms with Gasteiger partial charge < -0.3 is 14.6 Å². The number of thiazole rings is 1. The van der Waals surface area contributed by atoms with E-state index in [1.807, 2.05) is 24.0 Å². The smallest absolute Gasteiger partial charge is 0.290 e. The van der Waals surface area contributed by atoms with Crippen molar-refractivity contribution in [1.29, 1.82) is 0 Å². The number of nitrogens with one attached hydrogen (secondary N) is 1. The van der Waals surface area contributed by atoms with Crippen LogP contribution in [0.25, 0.3) is 10.6 Å². The lowest BCUT2D eigenvalue weighted by molar-refractivity contribution is -0.114. The zero-order chi connectivity index (χ0) is 20.5. The minimum atomic E-state index is -0.173. The van der Waals surface area contributed by atoms with Gasteiger partial charge in [0.2, 0.25) is 5.91 Å². The van der Waals surface area contributed by atoms with E-state index in [4.69, 9.17) is 4.42 Å². The van der Waals surface area contributed by atoms with E-state index in [1.54, 1.807) is 12.1 Å². The predicted octanol–water partition coefficient (Wildman–Crippen LogP) is 5.41. The van der Waals surface area contributed by atoms with Crippen molar-refractivity contribution in [3.05, 3.63) is 57.9 Å². The quantitative estimate of drug-likeness (QED) is 0.549. The summed E-state index contributed by atoms with van der Waals surface area (Å²) in [4.78, 5) is 31.4. The second-order valence-electron chi connectivity index (χ2n) is 6.99. The molecule has 150 valence electrons. The monoisotopic (exact) mass is 473 g/mol. The topological polar surface area (TPSA) is 75.4 Å². The molecule has 1 N–H and O–H groups in total. The molecule has 0 aliphatic carbocycles. The Morgan fingerprint density at radius 3 is 2.90 bits per heavy atom. The fourth-order valence-corrected chi connectivity index (χ4v) is 5.01. The summed E-state index contributed by atoms with van der Waals surface area (Å²) in [5.41, 5.74) is 1.87. The van der Waals surface area contributed by atoms with E-state index in [0.717, 1.165) is 33.4 Å². The molecule has 0 bridgehead atoms. The first-order valence-electron chi connectivity index (χ1n) is 9.34. The van der Waals surface area contributed by atoms with Gasteiger partial charge in [-0.05, 0) is 49.6 Å². The molecule has 8 heteroatoms. The zero-order valence-corrected chi connectivity index (χ0v) is 18.5. The third-order valence-corrected chi connectivity index (χ3v) is 6.45. The first-order valence-corrected chi connectivity index (χ1v) is 10.9. The third kappa shape index (κ3) is 4.13. The predicted molar refractivity (Wildman–Crippen MR) is 116 cm³/mol. The summed E-state index contributed by atoms with van der Waals surface area (Å²) in [6.45, 7) is 4.00. The third-order valence-electron chi connectivity index (χ3n) is 4.87. The molecule has 0 radical (unpaired) electrons. The molecule has 1 aliphatic heterocycles. The van der Waals surface area contributed by atoms with E-state index < -0.39 is 0 Å². The van der Waals surface area contributed by atoms with Crippen LogP contribution in [0, 0.1) is 6.92 Å². The molecule has 29 heavy (non-hydrogen) atoms. The highest BCUT2D eigenvalue weighted by molar-refractivity contribution is 9.10. The lowest BCUT2D eigenvalue weighted by atomic mass is 10.0. The molecule has 3 aromatic rings. The van der Waals surface area contributed by atoms with Crippen LogP contribution in [0.3, 0.4) is 0 Å². The molecular weight excluding hydrogens is 454 g/mol. The Morgan fingerprint density at radius 2 is 2.14 bits per heavy atom. The summed E-state index contributed by atoms with van der Waals surface area (Å²) in [6, 6.07) is 11.6. The standard InChI is InChI=1S/C21H20BrN3O3S/c1-12-19(29-21(23-12)24-13(2)26)17-8-9-18(28-17)20(27)25-10-4-7-16(25)14-5-3-6-15(22)11-14/h3,5-6,8-9,11,16H,4,7,10H2,1-2H3,(H,23,24,26). The van der Waals surface area contributed by atoms with Crippen LogP contribution in [0.1, 0.15) is 47.6 Å². The summed E-state index contributed by atoms with van der Waals surface area (Å²) < 4.78 is 6.91. The Hall–Kier alpha value is -2.45. The highest BCUT2D eigenvalue weighted by Gasteiger charge is 2.32. The van der Waals surface area contributed by atoms with Crippen LogP contribution >= 0.6 is 27.3 Å². The number of nitrogens with zero attached hydrogens (tertiary/aromatic N) is 2. The van der Waals surface area contributed by atoms with Crippen molar-refractivity contribution in [2.45, 2.75) is 32.7 Å². The van der Waals surface area contributed by atoms with Gasteiger partial charge in [-0.1, -0.05) is 39.4 Å². The molecule has 1 unspecified atom stereocenters. The molecule has 1 atom stereocenters. The molecule has 4 rings (SSSR count). The molecule has 6 nitrogen and oxygen atoms in total. The lowest BCUT2D eigenvalue weighted by Gasteiger charge is -2.24. The molecular formula is C21H20BrN3O3S. The van der Waals surface area contributed by atoms with Crippen molar-refractivity contribution in [3.8, 4) is 10.6 Å². The van der Waals surface area contributed by atoms with Crippen molar-refractivity contribution in [3.63, 3.8) is 0 Å². The van der Waals surface area contributed by atoms with Crippen LogP contribution in [0.15, 0.2) is 45.3 Å². The number of aryl methyl sites for hydroxylation is 1. The molecule has 1 aromatic carbocycles. The highest BCUT2D eigenvalue weighted by atomic mass is 79.9. The molecule has 1 fully saturated rings. The number of amides is 2. The number of hydrogen-bond donors (Lipinski definition) is 1. The fraction of sp³-hybridized carbons (Fsp3) is 0.286. The van der Waals surface area contributed by atoms with Gasteiger partial charge in [0.1, 0.15) is 5.76 Å². The van der Waals surface area contributed by atoms with Crippen molar-refractivity contribution in [2.24, 2.45) is 0 Å². The van der Waals surface area contributed by atoms with Crippen LogP contribution in [-0.2, 0) is 4.79 Å². The number of likely N-dealkylation sites (tertiary alicyclic amines) is 1. The average Bonchev–Trinajstić information content (AvgIpc) is 3.40. The minimum Gasteiger partial charge on any atom is -0.450 e. The Bertz CT molecular complexity index is 1070. The van der Waals surface area contributed by atoms with E-state index in [-0.39, 0.29) is 17.9 Å². The number of rotatable bonds is 4. The maximum absolute atomic E-state index is 13.1. The molecule has 1 saturated heterocycles. The fourth-order valence-electron chi connectivity index (χ4n) is 3.62. The number of halogens is 1. The number of hydrogen-bond acceptors (Lipinski definition) is 5. The highest BCUT2D eigenvalue weighted by Crippen LogP contribution is 2.37. The first-order chi connectivity index (χ1) is 13.9. The Kier molecular flexibility index (Phi) is 5.56. The number of aromatic nitrogens is 1. The lowest BCUT2D eigenvalue weighted by Crippen LogP contribution is -2.30. The second-order valence-corrected chi connectivity index (χ2v) is 8.90. The van der Waals surface area contributed by atoms with Crippen molar-refractivity contribution < 1.29 is 14.0 Å². The van der Waals surface area contributed by atoms with E-state index in [2.05, 4.69) is 38.4 Å². The summed E-state index contributed by atoms with van der Waals surface area (Å²) in [5, 5.41) is 3.20. The van der Waals surface area contributed by atoms with Crippen LogP contribution < -0.4 is 5.32 Å². The minimum absolute atomic E-state index is 0.0464. The Balaban J connectivity index is 1.57. The molecule has 0 saturated carbocycles. The van der Waals surface area contributed by atoms with Gasteiger partial charge in [0.25, 0.3) is 5.91 Å². The largest absolute Gasteiger partial charge is 0.450 e. The Morgan fingerprint density at radius 1 is 1.31 bits per heavy atom. The van der Waals surface area contributed by atoms with Gasteiger partial charge in [0.05, 0.1) is 16.6 Å². The van der Waals surface area contributed by atoms with Gasteiger partial charge in [-0.2, -0.15) is 0 Å². The number of furan rings is 1. The summed E-state index contributed by atoms with van der Waals surface area (Å²) >= 11 is 4.84. The van der Waals surface area contributed by atoms with Crippen molar-refractivity contribution >= 4 is 44.2 Å². The number of anilines is 1. The summed E-state index contributed by atoms with van der Waals surface area (Å²) in [6.07, 6.45) is 1.90. The molecule has 2 amide bonds. The van der Waals surface area contributed by atoms with Gasteiger partial charge in [-0.25, -0.2) is 4.98 Å². The maximum atomic E-state index is 13.1. The van der Waals surface area contributed by atoms with Crippen LogP contribution in [-0.4, -0.2) is 28.2 Å². The number of carbonyl (C=O) groups is 2. The van der Waals surface area contributed by atoms with E-state index >= 15 is 0 Å². The molecule has 3 heterocycles. The van der Waals surface area contributed by atoms with Gasteiger partial charge in [-0.3, -0.25) is 9.59 Å². The van der Waals surface area contributed by atoms with Crippen molar-refractivity contribution in [2.75, 3.05) is 11.9 Å². The summed E-state index contributed by atoms with van der Waals surface area (Å²) in [5.74, 6) is 0.616. The SMILES string of the molecule is CC(=O)Nc1nc(C)c(-c2ccc(C(=O)N3CCCC3c3cccc(Br)c3)o2)s1. The van der Waals surface area contributed by atoms with Crippen LogP contribution in [0.4, 0.5) is 5.13 Å². The summed E-state index contributed by atoms with van der Waals surface area (Å²) in [7, 11) is 0. The van der Waals surface area contributed by atoms with Gasteiger partial charge >= 0.3 is 0 Å². The zero-order valence-electron chi connectivity index (χ0n) is 16.1. The van der Waals surface area contributed by atoms with Crippen molar-refractivity contribution in [1.82, 2.24) is 9.88 Å². The molecule has 1 aliphatic rings. The number of carbonyl (C=O) groups excluding carboxylic acids is 2. The van der Waals surface area contributed by atoms with Gasteiger partial charge in [0, 0.05) is 17.9 Å². The van der Waals surface area contributed by atoms with Crippen LogP contribution in [0.5, 0.6) is 0 Å². The number of benzene rings is 1. The van der Waals surface area contributed by atoms with Gasteiger partial charge in [-0.15, -0.1) is 0 Å². The van der Waals surface area contributed by atoms with E-state index in [0.29, 0.717) is 23.2 Å². The Labute approximate surface area is 181 Å². The van der Waals surface area contributed by atoms with E-state index in [1.165, 1.54) is 18.3 Å². The second kappa shape index (κ2) is 8.12. The maximum Gasteiger partial charge on any atom is 0.290 e. The molecule has 0 spiro atoms. The van der Waals surface area contributed by atoms with Gasteiger partial charge in [0.15, 0.2) is 10.9 Å². The van der Waals surface area contributed by atoms with Crippen LogP contribution in [0.2, 0.25) is 0 Å². The first kappa shape index (κ1) is 19.8.